The van der Waals surface area contributed by atoms with Crippen molar-refractivity contribution in [1.29, 1.82) is 0 Å². The highest BCUT2D eigenvalue weighted by Crippen LogP contribution is 2.35. The van der Waals surface area contributed by atoms with Gasteiger partial charge in [-0.1, -0.05) is 0 Å². The molecule has 0 atom stereocenters. The summed E-state index contributed by atoms with van der Waals surface area (Å²) in [7, 11) is -3.83. The van der Waals surface area contributed by atoms with Gasteiger partial charge in [-0.2, -0.15) is 0 Å². The molecular formula is C6H9BrNO3PS. The number of thiazole rings is 1. The molecule has 1 rings (SSSR count). The first-order valence-electron chi connectivity index (χ1n) is 3.62. The fourth-order valence-corrected chi connectivity index (χ4v) is 2.52. The van der Waals surface area contributed by atoms with E-state index in [1.165, 1.54) is 11.3 Å². The normalized spacial score (nSPS) is 11.9. The van der Waals surface area contributed by atoms with Gasteiger partial charge >= 0.3 is 7.60 Å². The molecule has 0 unspecified atom stereocenters. The lowest BCUT2D eigenvalue weighted by molar-refractivity contribution is 0.371. The molecule has 2 N–H and O–H groups in total. The van der Waals surface area contributed by atoms with Crippen LogP contribution in [0.3, 0.4) is 0 Å². The fourth-order valence-electron chi connectivity index (χ4n) is 0.863. The minimum Gasteiger partial charge on any atom is -0.324 e. The fraction of sp³-hybridized carbons (Fsp3) is 0.500. The molecule has 74 valence electrons. The zero-order valence-electron chi connectivity index (χ0n) is 6.68. The van der Waals surface area contributed by atoms with E-state index < -0.39 is 7.60 Å². The third-order valence-corrected chi connectivity index (χ3v) is 3.72. The summed E-state index contributed by atoms with van der Waals surface area (Å²) < 4.78 is 11.3. The average Bonchev–Trinajstić information content (AvgIpc) is 2.33. The molecule has 7 heteroatoms. The van der Waals surface area contributed by atoms with E-state index in [1.807, 2.05) is 5.38 Å². The van der Waals surface area contributed by atoms with Gasteiger partial charge in [-0.05, 0) is 28.8 Å². The van der Waals surface area contributed by atoms with Gasteiger partial charge in [-0.25, -0.2) is 4.98 Å². The number of rotatable bonds is 4. The Bertz CT molecular complexity index is 323. The lowest BCUT2D eigenvalue weighted by Gasteiger charge is -2.00. The summed E-state index contributed by atoms with van der Waals surface area (Å²) in [5.74, 6) is 0. The Morgan fingerprint density at radius 3 is 2.77 bits per heavy atom. The second-order valence-corrected chi connectivity index (χ2v) is 6.49. The van der Waals surface area contributed by atoms with Crippen LogP contribution >= 0.6 is 34.9 Å². The van der Waals surface area contributed by atoms with Gasteiger partial charge < -0.3 is 9.79 Å². The third-order valence-electron chi connectivity index (χ3n) is 1.41. The van der Waals surface area contributed by atoms with Crippen molar-refractivity contribution in [3.8, 4) is 0 Å². The van der Waals surface area contributed by atoms with Crippen molar-refractivity contribution >= 4 is 34.9 Å². The number of nitrogens with zero attached hydrogens (tertiary/aromatic N) is 1. The molecule has 1 aromatic rings. The van der Waals surface area contributed by atoms with Crippen molar-refractivity contribution in [2.24, 2.45) is 0 Å². The third kappa shape index (κ3) is 4.88. The zero-order valence-corrected chi connectivity index (χ0v) is 9.98. The van der Waals surface area contributed by atoms with Crippen LogP contribution in [0, 0.1) is 0 Å². The van der Waals surface area contributed by atoms with Gasteiger partial charge in [-0.15, -0.1) is 11.3 Å². The predicted molar refractivity (Wildman–Crippen MR) is 55.0 cm³/mol. The van der Waals surface area contributed by atoms with E-state index in [0.29, 0.717) is 12.8 Å². The summed E-state index contributed by atoms with van der Waals surface area (Å²) in [5.41, 5.74) is 0.880. The van der Waals surface area contributed by atoms with Gasteiger partial charge in [0, 0.05) is 5.38 Å². The van der Waals surface area contributed by atoms with Crippen molar-refractivity contribution in [2.45, 2.75) is 12.8 Å². The predicted octanol–water partition coefficient (Wildman–Crippen LogP) is 2.02. The topological polar surface area (TPSA) is 70.4 Å². The molecule has 1 heterocycles. The summed E-state index contributed by atoms with van der Waals surface area (Å²) in [4.78, 5) is 21.3. The summed E-state index contributed by atoms with van der Waals surface area (Å²) in [5, 5.41) is 1.88. The van der Waals surface area contributed by atoms with Crippen molar-refractivity contribution in [2.75, 3.05) is 6.16 Å². The second kappa shape index (κ2) is 4.66. The molecule has 0 saturated carbocycles. The number of hydrogen-bond donors (Lipinski definition) is 2. The second-order valence-electron chi connectivity index (χ2n) is 2.58. The average molecular weight is 286 g/mol. The van der Waals surface area contributed by atoms with Gasteiger partial charge in [0.15, 0.2) is 3.92 Å². The van der Waals surface area contributed by atoms with Crippen LogP contribution in [0.25, 0.3) is 0 Å². The molecule has 0 bridgehead atoms. The minimum atomic E-state index is -3.83. The largest absolute Gasteiger partial charge is 0.325 e. The Kier molecular flexibility index (Phi) is 4.06. The van der Waals surface area contributed by atoms with Crippen molar-refractivity contribution in [3.05, 3.63) is 15.0 Å². The van der Waals surface area contributed by atoms with Crippen molar-refractivity contribution in [3.63, 3.8) is 0 Å². The molecule has 0 radical (unpaired) electrons. The quantitative estimate of drug-likeness (QED) is 0.831. The Morgan fingerprint density at radius 2 is 2.31 bits per heavy atom. The molecule has 4 nitrogen and oxygen atoms in total. The number of aromatic nitrogens is 1. The van der Waals surface area contributed by atoms with Crippen molar-refractivity contribution in [1.82, 2.24) is 4.98 Å². The van der Waals surface area contributed by atoms with Crippen LogP contribution in [-0.4, -0.2) is 20.9 Å². The number of halogens is 1. The maximum Gasteiger partial charge on any atom is 0.325 e. The van der Waals surface area contributed by atoms with Crippen LogP contribution in [0.4, 0.5) is 0 Å². The molecule has 0 saturated heterocycles. The van der Waals surface area contributed by atoms with E-state index in [-0.39, 0.29) is 6.16 Å². The van der Waals surface area contributed by atoms with E-state index in [4.69, 9.17) is 9.79 Å². The lowest BCUT2D eigenvalue weighted by atomic mass is 10.3. The summed E-state index contributed by atoms with van der Waals surface area (Å²) in [6, 6.07) is 0. The Hall–Kier alpha value is 0.260. The molecule has 0 aliphatic carbocycles. The Labute approximate surface area is 88.3 Å². The first-order chi connectivity index (χ1) is 5.97. The van der Waals surface area contributed by atoms with Crippen LogP contribution in [-0.2, 0) is 11.0 Å². The molecule has 0 aliphatic rings. The van der Waals surface area contributed by atoms with E-state index in [0.717, 1.165) is 9.61 Å². The van der Waals surface area contributed by atoms with E-state index >= 15 is 0 Å². The molecule has 0 amide bonds. The van der Waals surface area contributed by atoms with Crippen LogP contribution < -0.4 is 0 Å². The highest BCUT2D eigenvalue weighted by atomic mass is 79.9. The highest BCUT2D eigenvalue weighted by molar-refractivity contribution is 9.11. The maximum atomic E-state index is 10.5. The monoisotopic (exact) mass is 285 g/mol. The van der Waals surface area contributed by atoms with E-state index in [1.54, 1.807) is 0 Å². The SMILES string of the molecule is O=P(O)(O)CCCc1csc(Br)n1. The van der Waals surface area contributed by atoms with Crippen LogP contribution in [0.2, 0.25) is 0 Å². The molecule has 0 aliphatic heterocycles. The molecule has 0 aromatic carbocycles. The lowest BCUT2D eigenvalue weighted by Crippen LogP contribution is -1.92. The van der Waals surface area contributed by atoms with Gasteiger partial charge in [0.1, 0.15) is 0 Å². The number of hydrogen-bond acceptors (Lipinski definition) is 3. The van der Waals surface area contributed by atoms with E-state index in [9.17, 15) is 4.57 Å². The molecule has 13 heavy (non-hydrogen) atoms. The minimum absolute atomic E-state index is 0.0673. The standard InChI is InChI=1S/C6H9BrNO3PS/c7-6-8-5(4-13-6)2-1-3-12(9,10)11/h4H,1-3H2,(H2,9,10,11). The smallest absolute Gasteiger partial charge is 0.324 e. The summed E-state index contributed by atoms with van der Waals surface area (Å²) in [6.45, 7) is 0. The molecule has 1 aromatic heterocycles. The van der Waals surface area contributed by atoms with E-state index in [2.05, 4.69) is 20.9 Å². The first-order valence-corrected chi connectivity index (χ1v) is 7.09. The summed E-state index contributed by atoms with van der Waals surface area (Å²) >= 11 is 4.69. The van der Waals surface area contributed by atoms with Crippen LogP contribution in [0.5, 0.6) is 0 Å². The molecule has 0 fully saturated rings. The van der Waals surface area contributed by atoms with Crippen LogP contribution in [0.15, 0.2) is 9.30 Å². The van der Waals surface area contributed by atoms with Gasteiger partial charge in [0.25, 0.3) is 0 Å². The van der Waals surface area contributed by atoms with Gasteiger partial charge in [0.05, 0.1) is 11.9 Å². The maximum absolute atomic E-state index is 10.5. The van der Waals surface area contributed by atoms with Gasteiger partial charge in [0.2, 0.25) is 0 Å². The summed E-state index contributed by atoms with van der Waals surface area (Å²) in [6.07, 6.45) is 1.02. The van der Waals surface area contributed by atoms with Gasteiger partial charge in [-0.3, -0.25) is 4.57 Å². The Morgan fingerprint density at radius 1 is 1.62 bits per heavy atom. The Balaban J connectivity index is 2.32. The van der Waals surface area contributed by atoms with Crippen LogP contribution in [0.1, 0.15) is 12.1 Å². The highest BCUT2D eigenvalue weighted by Gasteiger charge is 2.12. The number of aryl methyl sites for hydroxylation is 1. The zero-order chi connectivity index (χ0) is 9.90. The molecule has 0 spiro atoms. The first kappa shape index (κ1) is 11.3. The van der Waals surface area contributed by atoms with Crippen molar-refractivity contribution < 1.29 is 14.4 Å². The molecular weight excluding hydrogens is 277 g/mol.